The summed E-state index contributed by atoms with van der Waals surface area (Å²) in [5, 5.41) is 11.2. The van der Waals surface area contributed by atoms with Gasteiger partial charge in [-0.15, -0.1) is 0 Å². The van der Waals surface area contributed by atoms with Crippen molar-refractivity contribution in [3.05, 3.63) is 29.3 Å². The second-order valence-electron chi connectivity index (χ2n) is 4.00. The topological polar surface area (TPSA) is 55.8 Å². The van der Waals surface area contributed by atoms with Crippen LogP contribution in [0, 0.1) is 6.92 Å². The fraction of sp³-hybridized carbons (Fsp3) is 0.154. The van der Waals surface area contributed by atoms with E-state index in [1.165, 1.54) is 13.2 Å². The first-order valence-corrected chi connectivity index (χ1v) is 5.19. The molecule has 4 heteroatoms. The maximum Gasteiger partial charge on any atom is 0.348 e. The van der Waals surface area contributed by atoms with Gasteiger partial charge < -0.3 is 14.6 Å². The lowest BCUT2D eigenvalue weighted by Gasteiger charge is -2.09. The second-order valence-corrected chi connectivity index (χ2v) is 4.00. The number of ether oxygens (including phenoxy) is 2. The third-order valence-corrected chi connectivity index (χ3v) is 2.98. The Morgan fingerprint density at radius 2 is 2.12 bits per heavy atom. The zero-order valence-corrected chi connectivity index (χ0v) is 9.40. The summed E-state index contributed by atoms with van der Waals surface area (Å²) in [6, 6.07) is 5.16. The first kappa shape index (κ1) is 9.96. The Morgan fingerprint density at radius 3 is 2.82 bits per heavy atom. The average molecular weight is 230 g/mol. The molecule has 1 aliphatic heterocycles. The quantitative estimate of drug-likeness (QED) is 0.603. The van der Waals surface area contributed by atoms with E-state index >= 15 is 0 Å². The molecule has 0 fully saturated rings. The van der Waals surface area contributed by atoms with Gasteiger partial charge in [0.05, 0.1) is 7.11 Å². The van der Waals surface area contributed by atoms with Crippen molar-refractivity contribution < 1.29 is 19.4 Å². The van der Waals surface area contributed by atoms with E-state index in [-0.39, 0.29) is 11.3 Å². The van der Waals surface area contributed by atoms with Crippen LogP contribution >= 0.6 is 0 Å². The maximum absolute atomic E-state index is 11.7. The number of phenols is 1. The van der Waals surface area contributed by atoms with Gasteiger partial charge in [0, 0.05) is 5.39 Å². The predicted octanol–water partition coefficient (Wildman–Crippen LogP) is 2.40. The van der Waals surface area contributed by atoms with Gasteiger partial charge in [-0.1, -0.05) is 6.07 Å². The maximum atomic E-state index is 11.7. The molecule has 0 saturated heterocycles. The highest BCUT2D eigenvalue weighted by Crippen LogP contribution is 2.46. The van der Waals surface area contributed by atoms with Crippen LogP contribution in [0.15, 0.2) is 18.2 Å². The highest BCUT2D eigenvalue weighted by molar-refractivity contribution is 6.16. The first-order chi connectivity index (χ1) is 8.13. The molecule has 1 N–H and O–H groups in total. The first-order valence-electron chi connectivity index (χ1n) is 5.19. The Kier molecular flexibility index (Phi) is 1.84. The van der Waals surface area contributed by atoms with E-state index in [2.05, 4.69) is 0 Å². The molecule has 2 aromatic carbocycles. The van der Waals surface area contributed by atoms with Crippen LogP contribution in [-0.4, -0.2) is 18.2 Å². The molecule has 1 heterocycles. The minimum atomic E-state index is -0.535. The third kappa shape index (κ3) is 1.15. The van der Waals surface area contributed by atoms with E-state index in [9.17, 15) is 9.90 Å². The van der Waals surface area contributed by atoms with Crippen LogP contribution < -0.4 is 9.47 Å². The van der Waals surface area contributed by atoms with Gasteiger partial charge in [0.2, 0.25) is 0 Å². The van der Waals surface area contributed by atoms with E-state index in [4.69, 9.17) is 9.47 Å². The van der Waals surface area contributed by atoms with Crippen LogP contribution in [0.5, 0.6) is 17.2 Å². The van der Waals surface area contributed by atoms with E-state index in [0.717, 1.165) is 10.9 Å². The highest BCUT2D eigenvalue weighted by atomic mass is 16.6. The lowest BCUT2D eigenvalue weighted by atomic mass is 10.0. The largest absolute Gasteiger partial charge is 0.507 e. The number of carbonyl (C=O) groups excluding carboxylic acids is 1. The van der Waals surface area contributed by atoms with Crippen molar-refractivity contribution in [2.75, 3.05) is 7.11 Å². The molecule has 86 valence electrons. The molecule has 0 amide bonds. The molecule has 2 aromatic rings. The van der Waals surface area contributed by atoms with Crippen LogP contribution in [0.2, 0.25) is 0 Å². The number of aromatic hydroxyl groups is 1. The number of hydrogen-bond acceptors (Lipinski definition) is 4. The van der Waals surface area contributed by atoms with Crippen LogP contribution in [0.1, 0.15) is 15.9 Å². The molecule has 0 unspecified atom stereocenters. The average Bonchev–Trinajstić information content (AvgIpc) is 2.63. The molecular formula is C13H10O4. The zero-order valence-electron chi connectivity index (χ0n) is 9.40. The lowest BCUT2D eigenvalue weighted by molar-refractivity contribution is 0.0747. The molecule has 0 atom stereocenters. The Morgan fingerprint density at radius 1 is 1.35 bits per heavy atom. The number of benzene rings is 2. The molecule has 4 nitrogen and oxygen atoms in total. The van der Waals surface area contributed by atoms with Crippen molar-refractivity contribution >= 4 is 16.7 Å². The molecule has 3 rings (SSSR count). The van der Waals surface area contributed by atoms with E-state index in [0.29, 0.717) is 16.9 Å². The van der Waals surface area contributed by atoms with E-state index < -0.39 is 5.97 Å². The van der Waals surface area contributed by atoms with Gasteiger partial charge in [-0.25, -0.2) is 4.79 Å². The molecule has 0 aromatic heterocycles. The molecule has 0 spiro atoms. The Labute approximate surface area is 97.4 Å². The second kappa shape index (κ2) is 3.13. The number of rotatable bonds is 1. The number of esters is 1. The summed E-state index contributed by atoms with van der Waals surface area (Å²) in [5.41, 5.74) is 1.11. The number of hydrogen-bond donors (Lipinski definition) is 1. The molecule has 1 aliphatic rings. The number of methoxy groups -OCH3 is 1. The predicted molar refractivity (Wildman–Crippen MR) is 61.9 cm³/mol. The SMILES string of the molecule is COc1c(C)cc2ccc(O)c3c2c1OC3=O. The molecular weight excluding hydrogens is 220 g/mol. The summed E-state index contributed by atoms with van der Waals surface area (Å²) in [6.45, 7) is 1.88. The number of phenolic OH excluding ortho intramolecular Hbond substituents is 1. The van der Waals surface area contributed by atoms with Gasteiger partial charge in [0.25, 0.3) is 0 Å². The van der Waals surface area contributed by atoms with Crippen LogP contribution in [0.4, 0.5) is 0 Å². The van der Waals surface area contributed by atoms with Gasteiger partial charge in [0.1, 0.15) is 11.3 Å². The molecule has 0 aliphatic carbocycles. The summed E-state index contributed by atoms with van der Waals surface area (Å²) in [5.74, 6) is 0.341. The number of aryl methyl sites for hydroxylation is 1. The lowest BCUT2D eigenvalue weighted by Crippen LogP contribution is -2.01. The summed E-state index contributed by atoms with van der Waals surface area (Å²) < 4.78 is 10.4. The fourth-order valence-corrected chi connectivity index (χ4v) is 2.27. The van der Waals surface area contributed by atoms with Gasteiger partial charge in [-0.3, -0.25) is 0 Å². The van der Waals surface area contributed by atoms with Gasteiger partial charge >= 0.3 is 5.97 Å². The smallest absolute Gasteiger partial charge is 0.348 e. The van der Waals surface area contributed by atoms with Crippen molar-refractivity contribution in [3.63, 3.8) is 0 Å². The summed E-state index contributed by atoms with van der Waals surface area (Å²) >= 11 is 0. The van der Waals surface area contributed by atoms with Crippen molar-refractivity contribution in [2.45, 2.75) is 6.92 Å². The summed E-state index contributed by atoms with van der Waals surface area (Å²) in [4.78, 5) is 11.7. The molecule has 17 heavy (non-hydrogen) atoms. The molecule has 0 saturated carbocycles. The minimum Gasteiger partial charge on any atom is -0.507 e. The van der Waals surface area contributed by atoms with Gasteiger partial charge in [0.15, 0.2) is 11.5 Å². The minimum absolute atomic E-state index is 0.0628. The van der Waals surface area contributed by atoms with Gasteiger partial charge in [-0.05, 0) is 30.0 Å². The summed E-state index contributed by atoms with van der Waals surface area (Å²) in [7, 11) is 1.53. The normalized spacial score (nSPS) is 12.9. The van der Waals surface area contributed by atoms with Crippen molar-refractivity contribution in [1.29, 1.82) is 0 Å². The van der Waals surface area contributed by atoms with E-state index in [1.807, 2.05) is 13.0 Å². The van der Waals surface area contributed by atoms with E-state index in [1.54, 1.807) is 6.07 Å². The van der Waals surface area contributed by atoms with Crippen LogP contribution in [-0.2, 0) is 0 Å². The zero-order chi connectivity index (χ0) is 12.2. The van der Waals surface area contributed by atoms with Crippen LogP contribution in [0.25, 0.3) is 10.8 Å². The fourth-order valence-electron chi connectivity index (χ4n) is 2.27. The Balaban J connectivity index is 2.53. The summed E-state index contributed by atoms with van der Waals surface area (Å²) in [6.07, 6.45) is 0. The molecule has 0 bridgehead atoms. The monoisotopic (exact) mass is 230 g/mol. The Bertz CT molecular complexity index is 658. The number of carbonyl (C=O) groups is 1. The van der Waals surface area contributed by atoms with Crippen LogP contribution in [0.3, 0.4) is 0 Å². The molecule has 0 radical (unpaired) electrons. The standard InChI is InChI=1S/C13H10O4/c1-6-5-7-3-4-8(14)10-9(7)12(11(6)16-2)17-13(10)15/h3-5,14H,1-2H3. The van der Waals surface area contributed by atoms with Crippen molar-refractivity contribution in [2.24, 2.45) is 0 Å². The highest BCUT2D eigenvalue weighted by Gasteiger charge is 2.31. The van der Waals surface area contributed by atoms with Gasteiger partial charge in [-0.2, -0.15) is 0 Å². The Hall–Kier alpha value is -2.23. The third-order valence-electron chi connectivity index (χ3n) is 2.98. The van der Waals surface area contributed by atoms with Crippen molar-refractivity contribution in [3.8, 4) is 17.2 Å². The van der Waals surface area contributed by atoms with Crippen molar-refractivity contribution in [1.82, 2.24) is 0 Å².